The van der Waals surface area contributed by atoms with E-state index >= 15 is 0 Å². The molecule has 1 heterocycles. The zero-order valence-corrected chi connectivity index (χ0v) is 17.8. The Balaban J connectivity index is 0.000000181. The van der Waals surface area contributed by atoms with Gasteiger partial charge in [-0.25, -0.2) is 0 Å². The topological polar surface area (TPSA) is 26.3 Å². The van der Waals surface area contributed by atoms with Crippen molar-refractivity contribution in [3.8, 4) is 0 Å². The Labute approximate surface area is 177 Å². The molecule has 0 amide bonds. The van der Waals surface area contributed by atoms with Crippen molar-refractivity contribution >= 4 is 39.8 Å². The standard InChI is InChI=1S/C18H16.C5H6S.C3H6O2/c1-3-7-15-13(5-1)9-11-18-16-8-4-2-6-14(16)10-12-17(15)18;1-2-4-6-5-3-1;1-2-5-3-4/h1,3,5,7,9-12H,2,4,6,8H2;1-4H,5H2;3H,2H2,1H3. The van der Waals surface area contributed by atoms with E-state index in [-0.39, 0.29) is 0 Å². The van der Waals surface area contributed by atoms with Crippen LogP contribution in [0.5, 0.6) is 0 Å². The van der Waals surface area contributed by atoms with Gasteiger partial charge in [-0.1, -0.05) is 66.8 Å². The summed E-state index contributed by atoms with van der Waals surface area (Å²) in [6, 6.07) is 18.0. The molecule has 2 aliphatic rings. The van der Waals surface area contributed by atoms with Crippen LogP contribution < -0.4 is 0 Å². The van der Waals surface area contributed by atoms with E-state index in [0.717, 1.165) is 5.75 Å². The molecule has 0 aromatic heterocycles. The van der Waals surface area contributed by atoms with E-state index in [0.29, 0.717) is 13.1 Å². The number of hydrogen-bond acceptors (Lipinski definition) is 3. The summed E-state index contributed by atoms with van der Waals surface area (Å²) in [6.07, 6.45) is 11.5. The van der Waals surface area contributed by atoms with Gasteiger partial charge >= 0.3 is 0 Å². The molecule has 0 spiro atoms. The third-order valence-electron chi connectivity index (χ3n) is 5.11. The quantitative estimate of drug-likeness (QED) is 0.345. The maximum Gasteiger partial charge on any atom is 0.293 e. The molecule has 0 atom stereocenters. The van der Waals surface area contributed by atoms with E-state index in [2.05, 4.69) is 70.8 Å². The van der Waals surface area contributed by atoms with Crippen LogP contribution >= 0.6 is 11.8 Å². The van der Waals surface area contributed by atoms with Gasteiger partial charge in [0.15, 0.2) is 0 Å². The number of aryl methyl sites for hydroxylation is 2. The van der Waals surface area contributed by atoms with Crippen LogP contribution in [0.3, 0.4) is 0 Å². The highest BCUT2D eigenvalue weighted by Crippen LogP contribution is 2.33. The molecule has 2 nitrogen and oxygen atoms in total. The van der Waals surface area contributed by atoms with E-state index in [1.807, 2.05) is 17.8 Å². The van der Waals surface area contributed by atoms with Crippen LogP contribution in [0, 0.1) is 0 Å². The molecule has 0 saturated heterocycles. The van der Waals surface area contributed by atoms with Gasteiger partial charge in [-0.2, -0.15) is 0 Å². The predicted octanol–water partition coefficient (Wildman–Crippen LogP) is 6.85. The Hall–Kier alpha value is -2.52. The fourth-order valence-electron chi connectivity index (χ4n) is 3.76. The number of benzene rings is 3. The molecular formula is C26H28O2S. The molecule has 0 N–H and O–H groups in total. The van der Waals surface area contributed by atoms with E-state index in [9.17, 15) is 4.79 Å². The minimum absolute atomic E-state index is 0.431. The smallest absolute Gasteiger partial charge is 0.293 e. The number of rotatable bonds is 2. The van der Waals surface area contributed by atoms with E-state index in [1.165, 1.54) is 47.2 Å². The van der Waals surface area contributed by atoms with Crippen molar-refractivity contribution in [1.82, 2.24) is 0 Å². The third-order valence-corrected chi connectivity index (χ3v) is 5.84. The molecule has 3 aromatic rings. The Morgan fingerprint density at radius 3 is 2.41 bits per heavy atom. The van der Waals surface area contributed by atoms with Crippen LogP contribution in [0.15, 0.2) is 72.2 Å². The van der Waals surface area contributed by atoms with E-state index in [4.69, 9.17) is 0 Å². The van der Waals surface area contributed by atoms with Crippen LogP contribution in [0.1, 0.15) is 30.9 Å². The summed E-state index contributed by atoms with van der Waals surface area (Å²) in [5, 5.41) is 7.74. The zero-order chi connectivity index (χ0) is 20.3. The number of fused-ring (bicyclic) bond motifs is 5. The molecule has 29 heavy (non-hydrogen) atoms. The Morgan fingerprint density at radius 2 is 1.76 bits per heavy atom. The van der Waals surface area contributed by atoms with Crippen molar-refractivity contribution in [2.45, 2.75) is 32.6 Å². The highest BCUT2D eigenvalue weighted by atomic mass is 32.2. The first-order valence-electron chi connectivity index (χ1n) is 10.3. The normalized spacial score (nSPS) is 14.2. The molecule has 0 unspecified atom stereocenters. The van der Waals surface area contributed by atoms with Gasteiger partial charge in [-0.3, -0.25) is 4.79 Å². The van der Waals surface area contributed by atoms with Gasteiger partial charge in [0.2, 0.25) is 0 Å². The highest BCUT2D eigenvalue weighted by molar-refractivity contribution is 8.02. The zero-order valence-electron chi connectivity index (χ0n) is 17.0. The van der Waals surface area contributed by atoms with Crippen molar-refractivity contribution in [3.63, 3.8) is 0 Å². The van der Waals surface area contributed by atoms with Crippen LogP contribution in [0.2, 0.25) is 0 Å². The summed E-state index contributed by atoms with van der Waals surface area (Å²) in [4.78, 5) is 9.18. The summed E-state index contributed by atoms with van der Waals surface area (Å²) < 4.78 is 4.15. The molecule has 0 fully saturated rings. The van der Waals surface area contributed by atoms with Gasteiger partial charge in [0.1, 0.15) is 0 Å². The number of carbonyl (C=O) groups excluding carboxylic acids is 1. The lowest BCUT2D eigenvalue weighted by atomic mass is 9.86. The maximum atomic E-state index is 9.18. The SMILES string of the molecule is C1=CCSC=C1.CCOC=O.c1ccc2c(c1)ccc1c3c(ccc12)CCCC3. The lowest BCUT2D eigenvalue weighted by Gasteiger charge is -2.18. The third kappa shape index (κ3) is 5.74. The largest absolute Gasteiger partial charge is 0.468 e. The first-order chi connectivity index (χ1) is 14.3. The Kier molecular flexibility index (Phi) is 8.39. The number of carbonyl (C=O) groups is 1. The molecule has 150 valence electrons. The van der Waals surface area contributed by atoms with E-state index in [1.54, 1.807) is 18.1 Å². The fraction of sp³-hybridized carbons (Fsp3) is 0.269. The van der Waals surface area contributed by atoms with Crippen molar-refractivity contribution < 1.29 is 9.53 Å². The second kappa shape index (κ2) is 11.5. The molecule has 1 aliphatic carbocycles. The van der Waals surface area contributed by atoms with Crippen molar-refractivity contribution in [2.75, 3.05) is 12.4 Å². The molecule has 5 rings (SSSR count). The number of ether oxygens (including phenoxy) is 1. The average molecular weight is 405 g/mol. The molecular weight excluding hydrogens is 376 g/mol. The molecule has 1 aliphatic heterocycles. The van der Waals surface area contributed by atoms with E-state index < -0.39 is 0 Å². The van der Waals surface area contributed by atoms with Gasteiger partial charge in [0.25, 0.3) is 6.47 Å². The summed E-state index contributed by atoms with van der Waals surface area (Å²) >= 11 is 1.83. The monoisotopic (exact) mass is 404 g/mol. The second-order valence-electron chi connectivity index (χ2n) is 6.93. The number of hydrogen-bond donors (Lipinski definition) is 0. The van der Waals surface area contributed by atoms with Crippen LogP contribution in [0.4, 0.5) is 0 Å². The molecule has 0 saturated carbocycles. The van der Waals surface area contributed by atoms with Gasteiger partial charge in [0, 0.05) is 5.75 Å². The second-order valence-corrected chi connectivity index (χ2v) is 7.87. The lowest BCUT2D eigenvalue weighted by molar-refractivity contribution is -0.128. The molecule has 0 radical (unpaired) electrons. The van der Waals surface area contributed by atoms with Gasteiger partial charge in [-0.05, 0) is 70.7 Å². The molecule has 0 bridgehead atoms. The van der Waals surface area contributed by atoms with Gasteiger partial charge in [-0.15, -0.1) is 11.8 Å². The fourth-order valence-corrected chi connectivity index (χ4v) is 4.29. The van der Waals surface area contributed by atoms with Crippen molar-refractivity contribution in [1.29, 1.82) is 0 Å². The highest BCUT2D eigenvalue weighted by Gasteiger charge is 2.13. The molecule has 3 aromatic carbocycles. The minimum atomic E-state index is 0.431. The first kappa shape index (κ1) is 21.2. The van der Waals surface area contributed by atoms with Crippen LogP contribution in [-0.4, -0.2) is 18.8 Å². The number of thioether (sulfide) groups is 1. The van der Waals surface area contributed by atoms with Crippen molar-refractivity contribution in [3.05, 3.63) is 83.3 Å². The summed E-state index contributed by atoms with van der Waals surface area (Å²) in [5.74, 6) is 1.15. The average Bonchev–Trinajstić information content (AvgIpc) is 2.81. The summed E-state index contributed by atoms with van der Waals surface area (Å²) in [6.45, 7) is 2.66. The number of allylic oxidation sites excluding steroid dienone is 2. The summed E-state index contributed by atoms with van der Waals surface area (Å²) in [5.41, 5.74) is 3.17. The lowest BCUT2D eigenvalue weighted by Crippen LogP contribution is -2.02. The minimum Gasteiger partial charge on any atom is -0.468 e. The van der Waals surface area contributed by atoms with Crippen LogP contribution in [0.25, 0.3) is 21.5 Å². The van der Waals surface area contributed by atoms with Crippen molar-refractivity contribution in [2.24, 2.45) is 0 Å². The summed E-state index contributed by atoms with van der Waals surface area (Å²) in [7, 11) is 0. The molecule has 3 heteroatoms. The van der Waals surface area contributed by atoms with Gasteiger partial charge in [0.05, 0.1) is 6.61 Å². The Bertz CT molecular complexity index is 992. The van der Waals surface area contributed by atoms with Gasteiger partial charge < -0.3 is 4.74 Å². The van der Waals surface area contributed by atoms with Crippen LogP contribution in [-0.2, 0) is 22.4 Å². The Morgan fingerprint density at radius 1 is 0.931 bits per heavy atom. The first-order valence-corrected chi connectivity index (χ1v) is 11.3. The predicted molar refractivity (Wildman–Crippen MR) is 127 cm³/mol. The maximum absolute atomic E-state index is 9.18.